The summed E-state index contributed by atoms with van der Waals surface area (Å²) in [6.07, 6.45) is -3.57. The Hall–Kier alpha value is -6.68. The maximum Gasteiger partial charge on any atom is 0.417 e. The van der Waals surface area contributed by atoms with Crippen LogP contribution in [-0.2, 0) is 36.6 Å². The van der Waals surface area contributed by atoms with Crippen LogP contribution in [0.5, 0.6) is 5.75 Å². The predicted octanol–water partition coefficient (Wildman–Crippen LogP) is 9.22. The molecule has 13 nitrogen and oxygen atoms in total. The van der Waals surface area contributed by atoms with Crippen LogP contribution in [-0.4, -0.2) is 82.6 Å². The summed E-state index contributed by atoms with van der Waals surface area (Å²) in [7, 11) is 0. The summed E-state index contributed by atoms with van der Waals surface area (Å²) < 4.78 is 52.9. The molecule has 4 aromatic carbocycles. The number of thiocarbonyl (C=S) groups is 1. The largest absolute Gasteiger partial charge is 0.491 e. The van der Waals surface area contributed by atoms with Crippen LogP contribution in [0.15, 0.2) is 96.5 Å². The van der Waals surface area contributed by atoms with Gasteiger partial charge in [-0.2, -0.15) is 18.4 Å². The molecule has 0 aliphatic carbocycles. The van der Waals surface area contributed by atoms with Crippen molar-refractivity contribution in [2.24, 2.45) is 5.41 Å². The fraction of sp³-hybridized carbons (Fsp3) is 0.365. The Kier molecular flexibility index (Phi) is 15.4. The summed E-state index contributed by atoms with van der Waals surface area (Å²) in [5.74, 6) is -0.786. The number of aryl methyl sites for hydroxylation is 1. The van der Waals surface area contributed by atoms with Gasteiger partial charge in [-0.15, -0.1) is 11.3 Å². The number of anilines is 2. The first-order chi connectivity index (χ1) is 33.2. The van der Waals surface area contributed by atoms with Gasteiger partial charge in [0.25, 0.3) is 5.91 Å². The molecule has 70 heavy (non-hydrogen) atoms. The third-order valence-corrected chi connectivity index (χ3v) is 13.7. The van der Waals surface area contributed by atoms with Crippen LogP contribution in [0.4, 0.5) is 24.5 Å². The molecule has 2 fully saturated rings. The van der Waals surface area contributed by atoms with Crippen LogP contribution in [0, 0.1) is 23.7 Å². The average Bonchev–Trinajstić information content (AvgIpc) is 4.04. The summed E-state index contributed by atoms with van der Waals surface area (Å²) in [6, 6.07) is 25.7. The molecule has 0 radical (unpaired) electrons. The van der Waals surface area contributed by atoms with Crippen molar-refractivity contribution in [3.63, 3.8) is 0 Å². The number of likely N-dealkylation sites (tertiary alicyclic amines) is 1. The van der Waals surface area contributed by atoms with Crippen molar-refractivity contribution in [3.05, 3.63) is 119 Å². The summed E-state index contributed by atoms with van der Waals surface area (Å²) in [4.78, 5) is 63.8. The number of hydrogen-bond acceptors (Lipinski definition) is 10. The second-order valence-electron chi connectivity index (χ2n) is 18.7. The van der Waals surface area contributed by atoms with E-state index in [-0.39, 0.29) is 54.8 Å². The number of nitrogens with one attached hydrogen (secondary N) is 2. The molecule has 18 heteroatoms. The molecule has 2 unspecified atom stereocenters. The summed E-state index contributed by atoms with van der Waals surface area (Å²) in [6.45, 7) is 12.2. The van der Waals surface area contributed by atoms with E-state index >= 15 is 0 Å². The number of amides is 4. The van der Waals surface area contributed by atoms with Gasteiger partial charge in [0.15, 0.2) is 5.11 Å². The smallest absolute Gasteiger partial charge is 0.417 e. The Morgan fingerprint density at radius 2 is 1.57 bits per heavy atom. The molecule has 366 valence electrons. The normalized spacial score (nSPS) is 16.3. The van der Waals surface area contributed by atoms with Crippen molar-refractivity contribution in [3.8, 4) is 33.4 Å². The number of ether oxygens (including phenoxy) is 2. The number of nitrogens with zero attached hydrogens (tertiary/aromatic N) is 5. The van der Waals surface area contributed by atoms with Crippen LogP contribution in [0.2, 0.25) is 0 Å². The first-order valence-corrected chi connectivity index (χ1v) is 24.1. The number of benzene rings is 4. The Morgan fingerprint density at radius 1 is 0.929 bits per heavy atom. The molecule has 1 aromatic heterocycles. The fourth-order valence-electron chi connectivity index (χ4n) is 8.50. The molecule has 2 aliphatic rings. The Morgan fingerprint density at radius 3 is 2.19 bits per heavy atom. The highest BCUT2D eigenvalue weighted by Crippen LogP contribution is 2.40. The standard InChI is InChI=1S/C52H54F3N7O6S2/c1-32-44(70-31-58-32)36-11-9-33(10-12-36)30-57-46(64)42-8-7-24-60(42)47(65)45(50(2,3)4)59-43(63)23-25-67-26-27-68-40-21-16-35(17-22-40)34-13-18-38(19-14-34)62-49(69)61(48(66)51(62,5)6)39-20-15-37(29-56)41(28-39)52(53,54)55/h9-22,28,31,42,45H,7-8,23-27,30H2,1-6H3,(H,57,64)(H,59,63). The highest BCUT2D eigenvalue weighted by molar-refractivity contribution is 7.81. The minimum Gasteiger partial charge on any atom is -0.491 e. The highest BCUT2D eigenvalue weighted by atomic mass is 32.1. The molecule has 3 heterocycles. The van der Waals surface area contributed by atoms with Gasteiger partial charge in [0, 0.05) is 25.2 Å². The molecule has 5 aromatic rings. The van der Waals surface area contributed by atoms with Gasteiger partial charge in [-0.05, 0) is 116 Å². The van der Waals surface area contributed by atoms with E-state index in [0.717, 1.165) is 49.9 Å². The van der Waals surface area contributed by atoms with Crippen molar-refractivity contribution in [1.29, 1.82) is 5.26 Å². The second kappa shape index (κ2) is 21.1. The van der Waals surface area contributed by atoms with E-state index in [1.165, 1.54) is 6.07 Å². The zero-order valence-corrected chi connectivity index (χ0v) is 41.3. The average molecular weight is 994 g/mol. The van der Waals surface area contributed by atoms with E-state index in [0.29, 0.717) is 37.4 Å². The van der Waals surface area contributed by atoms with Crippen LogP contribution >= 0.6 is 23.6 Å². The molecule has 4 amide bonds. The van der Waals surface area contributed by atoms with Crippen LogP contribution in [0.1, 0.15) is 76.3 Å². The monoisotopic (exact) mass is 993 g/mol. The maximum absolute atomic E-state index is 14.0. The summed E-state index contributed by atoms with van der Waals surface area (Å²) >= 11 is 7.25. The van der Waals surface area contributed by atoms with Crippen molar-refractivity contribution < 1.29 is 41.8 Å². The summed E-state index contributed by atoms with van der Waals surface area (Å²) in [5, 5.41) is 15.1. The van der Waals surface area contributed by atoms with Gasteiger partial charge in [-0.3, -0.25) is 24.1 Å². The van der Waals surface area contributed by atoms with Gasteiger partial charge in [0.05, 0.1) is 52.2 Å². The number of carbonyl (C=O) groups excluding carboxylic acids is 4. The first-order valence-electron chi connectivity index (χ1n) is 22.8. The van der Waals surface area contributed by atoms with E-state index in [1.807, 2.05) is 81.7 Å². The highest BCUT2D eigenvalue weighted by Gasteiger charge is 2.51. The van der Waals surface area contributed by atoms with E-state index in [2.05, 4.69) is 15.6 Å². The number of aromatic nitrogens is 1. The lowest BCUT2D eigenvalue weighted by atomic mass is 9.85. The topological polar surface area (TPSA) is 157 Å². The van der Waals surface area contributed by atoms with E-state index in [9.17, 15) is 37.6 Å². The Labute approximate surface area is 414 Å². The lowest BCUT2D eigenvalue weighted by Crippen LogP contribution is -2.57. The van der Waals surface area contributed by atoms with Gasteiger partial charge in [-0.1, -0.05) is 69.3 Å². The molecule has 2 N–H and O–H groups in total. The van der Waals surface area contributed by atoms with Gasteiger partial charge in [0.2, 0.25) is 17.7 Å². The van der Waals surface area contributed by atoms with Crippen molar-refractivity contribution in [2.45, 2.75) is 91.1 Å². The summed E-state index contributed by atoms with van der Waals surface area (Å²) in [5.41, 5.74) is 3.44. The lowest BCUT2D eigenvalue weighted by molar-refractivity contribution is -0.144. The zero-order chi connectivity index (χ0) is 50.5. The Bertz CT molecular complexity index is 2780. The van der Waals surface area contributed by atoms with Gasteiger partial charge >= 0.3 is 6.18 Å². The molecule has 2 saturated heterocycles. The predicted molar refractivity (Wildman–Crippen MR) is 266 cm³/mol. The maximum atomic E-state index is 14.0. The molecule has 2 aliphatic heterocycles. The van der Waals surface area contributed by atoms with E-state index < -0.39 is 46.2 Å². The fourth-order valence-corrected chi connectivity index (χ4v) is 9.84. The number of hydrogen-bond donors (Lipinski definition) is 2. The lowest BCUT2D eigenvalue weighted by Gasteiger charge is -2.35. The van der Waals surface area contributed by atoms with Gasteiger partial charge < -0.3 is 29.9 Å². The number of nitriles is 1. The minimum absolute atomic E-state index is 0.00260. The van der Waals surface area contributed by atoms with Crippen molar-refractivity contribution >= 4 is 63.7 Å². The number of halogens is 3. The molecule has 2 atom stereocenters. The molecule has 7 rings (SSSR count). The zero-order valence-electron chi connectivity index (χ0n) is 39.7. The van der Waals surface area contributed by atoms with Crippen molar-refractivity contribution in [1.82, 2.24) is 20.5 Å². The molecule has 0 saturated carbocycles. The third kappa shape index (κ3) is 11.3. The van der Waals surface area contributed by atoms with Crippen molar-refractivity contribution in [2.75, 3.05) is 36.2 Å². The Balaban J connectivity index is 0.852. The van der Waals surface area contributed by atoms with E-state index in [4.69, 9.17) is 21.7 Å². The van der Waals surface area contributed by atoms with Crippen LogP contribution in [0.3, 0.4) is 0 Å². The third-order valence-electron chi connectivity index (χ3n) is 12.3. The SMILES string of the molecule is Cc1ncsc1-c1ccc(CNC(=O)C2CCCN2C(=O)C(NC(=O)CCOCCOc2ccc(-c3ccc(N4C(=S)N(c5ccc(C#N)c(C(F)(F)F)c5)C(=O)C4(C)C)cc3)cc2)C(C)(C)C)cc1. The number of thiazole rings is 1. The minimum atomic E-state index is -4.80. The van der Waals surface area contributed by atoms with Gasteiger partial charge in [-0.25, -0.2) is 4.98 Å². The van der Waals surface area contributed by atoms with Crippen LogP contribution in [0.25, 0.3) is 21.6 Å². The first kappa shape index (κ1) is 51.2. The quantitative estimate of drug-likeness (QED) is 0.0722. The number of carbonyl (C=O) groups is 4. The number of alkyl halides is 3. The van der Waals surface area contributed by atoms with Gasteiger partial charge in [0.1, 0.15) is 30.0 Å². The molecule has 0 bridgehead atoms. The van der Waals surface area contributed by atoms with E-state index in [1.54, 1.807) is 65.3 Å². The molecular formula is C52H54F3N7O6S2. The second-order valence-corrected chi connectivity index (χ2v) is 19.9. The van der Waals surface area contributed by atoms with Crippen LogP contribution < -0.4 is 25.2 Å². The molecular weight excluding hydrogens is 940 g/mol. The molecule has 0 spiro atoms. The number of rotatable bonds is 16.